The van der Waals surface area contributed by atoms with Crippen LogP contribution >= 0.6 is 15.9 Å². The first-order valence-corrected chi connectivity index (χ1v) is 6.50. The summed E-state index contributed by atoms with van der Waals surface area (Å²) in [4.78, 5) is 0. The molecule has 0 atom stereocenters. The molecule has 1 heteroatoms. The van der Waals surface area contributed by atoms with Crippen LogP contribution in [0.3, 0.4) is 0 Å². The molecule has 15 heavy (non-hydrogen) atoms. The summed E-state index contributed by atoms with van der Waals surface area (Å²) in [6.45, 7) is 8.77. The topological polar surface area (TPSA) is 0 Å². The first-order chi connectivity index (χ1) is 7.04. The van der Waals surface area contributed by atoms with Crippen LogP contribution in [-0.2, 0) is 0 Å². The minimum absolute atomic E-state index is 0.602. The molecule has 82 valence electrons. The Labute approximate surface area is 102 Å². The lowest BCUT2D eigenvalue weighted by Gasteiger charge is -2.09. The molecule has 0 aliphatic rings. The predicted molar refractivity (Wildman–Crippen MR) is 72.5 cm³/mol. The summed E-state index contributed by atoms with van der Waals surface area (Å²) in [5.74, 6) is 0.602. The fourth-order valence-corrected chi connectivity index (χ4v) is 2.36. The molecule has 0 heterocycles. The quantitative estimate of drug-likeness (QED) is 0.694. The molecule has 0 unspecified atom stereocenters. The van der Waals surface area contributed by atoms with Gasteiger partial charge in [-0.05, 0) is 30.9 Å². The van der Waals surface area contributed by atoms with Crippen LogP contribution in [0.15, 0.2) is 23.8 Å². The van der Waals surface area contributed by atoms with E-state index in [4.69, 9.17) is 0 Å². The molecule has 0 N–H and O–H groups in total. The third kappa shape index (κ3) is 3.49. The fourth-order valence-electron chi connectivity index (χ4n) is 1.55. The van der Waals surface area contributed by atoms with E-state index in [1.807, 2.05) is 0 Å². The van der Waals surface area contributed by atoms with Crippen LogP contribution < -0.4 is 0 Å². The van der Waals surface area contributed by atoms with Gasteiger partial charge >= 0.3 is 0 Å². The molecule has 0 saturated carbocycles. The van der Waals surface area contributed by atoms with E-state index < -0.39 is 0 Å². The van der Waals surface area contributed by atoms with Gasteiger partial charge in [-0.25, -0.2) is 0 Å². The smallest absolute Gasteiger partial charge is 0.0247 e. The Morgan fingerprint density at radius 1 is 1.33 bits per heavy atom. The van der Waals surface area contributed by atoms with Crippen molar-refractivity contribution in [2.45, 2.75) is 27.7 Å². The largest absolute Gasteiger partial charge is 0.0880 e. The molecule has 0 fully saturated rings. The van der Waals surface area contributed by atoms with Gasteiger partial charge in [0.1, 0.15) is 0 Å². The molecule has 1 rings (SSSR count). The highest BCUT2D eigenvalue weighted by Gasteiger charge is 2.03. The van der Waals surface area contributed by atoms with E-state index in [2.05, 4.69) is 67.9 Å². The van der Waals surface area contributed by atoms with E-state index in [0.717, 1.165) is 5.33 Å². The van der Waals surface area contributed by atoms with E-state index >= 15 is 0 Å². The van der Waals surface area contributed by atoms with Gasteiger partial charge in [0.15, 0.2) is 0 Å². The van der Waals surface area contributed by atoms with E-state index in [0.29, 0.717) is 5.92 Å². The van der Waals surface area contributed by atoms with Crippen molar-refractivity contribution in [1.82, 2.24) is 0 Å². The first kappa shape index (κ1) is 12.5. The maximum Gasteiger partial charge on any atom is 0.0247 e. The summed E-state index contributed by atoms with van der Waals surface area (Å²) in [6, 6.07) is 6.61. The molecule has 0 spiro atoms. The number of allylic oxidation sites excluding steroid dienone is 1. The Morgan fingerprint density at radius 3 is 2.47 bits per heavy atom. The molecule has 0 aliphatic heterocycles. The van der Waals surface area contributed by atoms with Crippen molar-refractivity contribution in [3.63, 3.8) is 0 Å². The van der Waals surface area contributed by atoms with Gasteiger partial charge in [0, 0.05) is 5.33 Å². The van der Waals surface area contributed by atoms with Crippen LogP contribution in [-0.4, -0.2) is 5.33 Å². The second kappa shape index (κ2) is 5.50. The number of halogens is 1. The van der Waals surface area contributed by atoms with Crippen LogP contribution in [0, 0.1) is 19.8 Å². The lowest BCUT2D eigenvalue weighted by atomic mass is 9.99. The zero-order valence-corrected chi connectivity index (χ0v) is 11.6. The molecule has 0 nitrogen and oxygen atoms in total. The maximum atomic E-state index is 3.54. The number of benzene rings is 1. The Hall–Kier alpha value is -0.560. The molecule has 0 bridgehead atoms. The maximum absolute atomic E-state index is 3.54. The monoisotopic (exact) mass is 266 g/mol. The van der Waals surface area contributed by atoms with Gasteiger partial charge in [0.05, 0.1) is 0 Å². The molecule has 0 amide bonds. The van der Waals surface area contributed by atoms with Crippen molar-refractivity contribution >= 4 is 22.0 Å². The standard InChI is InChI=1S/C14H19Br/c1-10(2)14(9-15)8-13-6-5-11(3)7-12(13)4/h5-8,10H,9H2,1-4H3. The zero-order chi connectivity index (χ0) is 11.4. The third-order valence-electron chi connectivity index (χ3n) is 2.66. The molecule has 0 aromatic heterocycles. The Morgan fingerprint density at radius 2 is 2.00 bits per heavy atom. The average Bonchev–Trinajstić information content (AvgIpc) is 2.16. The lowest BCUT2D eigenvalue weighted by molar-refractivity contribution is 0.780. The highest BCUT2D eigenvalue weighted by atomic mass is 79.9. The summed E-state index contributed by atoms with van der Waals surface area (Å²) in [5, 5.41) is 0.956. The number of alkyl halides is 1. The summed E-state index contributed by atoms with van der Waals surface area (Å²) >= 11 is 3.54. The molecule has 1 aromatic rings. The molecule has 1 aromatic carbocycles. The first-order valence-electron chi connectivity index (χ1n) is 5.38. The summed E-state index contributed by atoms with van der Waals surface area (Å²) < 4.78 is 0. The number of hydrogen-bond donors (Lipinski definition) is 0. The van der Waals surface area contributed by atoms with Gasteiger partial charge in [-0.2, -0.15) is 0 Å². The van der Waals surface area contributed by atoms with Crippen LogP contribution in [0.5, 0.6) is 0 Å². The van der Waals surface area contributed by atoms with Gasteiger partial charge in [-0.1, -0.05) is 65.2 Å². The van der Waals surface area contributed by atoms with Crippen molar-refractivity contribution in [1.29, 1.82) is 0 Å². The minimum Gasteiger partial charge on any atom is -0.0880 e. The molecular weight excluding hydrogens is 248 g/mol. The summed E-state index contributed by atoms with van der Waals surface area (Å²) in [7, 11) is 0. The third-order valence-corrected chi connectivity index (χ3v) is 3.31. The molecular formula is C14H19Br. The minimum atomic E-state index is 0.602. The molecule has 0 radical (unpaired) electrons. The van der Waals surface area contributed by atoms with Gasteiger partial charge in [-0.15, -0.1) is 0 Å². The van der Waals surface area contributed by atoms with Gasteiger partial charge in [0.25, 0.3) is 0 Å². The van der Waals surface area contributed by atoms with Crippen LogP contribution in [0.4, 0.5) is 0 Å². The van der Waals surface area contributed by atoms with Crippen LogP contribution in [0.25, 0.3) is 6.08 Å². The van der Waals surface area contributed by atoms with Crippen molar-refractivity contribution in [3.8, 4) is 0 Å². The van der Waals surface area contributed by atoms with E-state index in [9.17, 15) is 0 Å². The predicted octanol–water partition coefficient (Wildman–Crippen LogP) is 4.74. The fraction of sp³-hybridized carbons (Fsp3) is 0.429. The van der Waals surface area contributed by atoms with Gasteiger partial charge in [0.2, 0.25) is 0 Å². The zero-order valence-electron chi connectivity index (χ0n) is 9.97. The molecule has 0 saturated heterocycles. The van der Waals surface area contributed by atoms with Crippen LogP contribution in [0.2, 0.25) is 0 Å². The van der Waals surface area contributed by atoms with Crippen molar-refractivity contribution in [2.24, 2.45) is 5.92 Å². The summed E-state index contributed by atoms with van der Waals surface area (Å²) in [5.41, 5.74) is 5.47. The SMILES string of the molecule is Cc1ccc(C=C(CBr)C(C)C)c(C)c1. The van der Waals surface area contributed by atoms with Crippen LogP contribution in [0.1, 0.15) is 30.5 Å². The van der Waals surface area contributed by atoms with Crippen molar-refractivity contribution < 1.29 is 0 Å². The van der Waals surface area contributed by atoms with Gasteiger partial charge < -0.3 is 0 Å². The summed E-state index contributed by atoms with van der Waals surface area (Å²) in [6.07, 6.45) is 2.30. The average molecular weight is 267 g/mol. The second-order valence-corrected chi connectivity index (χ2v) is 4.93. The second-order valence-electron chi connectivity index (χ2n) is 4.37. The number of rotatable bonds is 3. The lowest BCUT2D eigenvalue weighted by Crippen LogP contribution is -1.95. The Bertz CT molecular complexity index is 362. The van der Waals surface area contributed by atoms with E-state index in [1.165, 1.54) is 22.3 Å². The number of aryl methyl sites for hydroxylation is 2. The van der Waals surface area contributed by atoms with Crippen molar-refractivity contribution in [3.05, 3.63) is 40.5 Å². The van der Waals surface area contributed by atoms with E-state index in [-0.39, 0.29) is 0 Å². The number of hydrogen-bond acceptors (Lipinski definition) is 0. The van der Waals surface area contributed by atoms with E-state index in [1.54, 1.807) is 0 Å². The Balaban J connectivity index is 3.06. The van der Waals surface area contributed by atoms with Crippen molar-refractivity contribution in [2.75, 3.05) is 5.33 Å². The highest BCUT2D eigenvalue weighted by Crippen LogP contribution is 2.19. The highest BCUT2D eigenvalue weighted by molar-refractivity contribution is 9.09. The molecule has 0 aliphatic carbocycles. The normalized spacial score (nSPS) is 12.3. The Kier molecular flexibility index (Phi) is 4.59. The van der Waals surface area contributed by atoms with Gasteiger partial charge in [-0.3, -0.25) is 0 Å².